The fraction of sp³-hybridized carbons (Fsp3) is 0.625. The Morgan fingerprint density at radius 3 is 2.56 bits per heavy atom. The Balaban J connectivity index is 1.97. The van der Waals surface area contributed by atoms with E-state index in [1.54, 1.807) is 0 Å². The minimum atomic E-state index is 0.424. The third-order valence-electron chi connectivity index (χ3n) is 4.02. The summed E-state index contributed by atoms with van der Waals surface area (Å²) in [4.78, 5) is 0. The number of ether oxygens (including phenoxy) is 1. The zero-order valence-electron chi connectivity index (χ0n) is 11.4. The zero-order chi connectivity index (χ0) is 13.0. The molecule has 0 saturated heterocycles. The second-order valence-electron chi connectivity index (χ2n) is 5.41. The van der Waals surface area contributed by atoms with Crippen LogP contribution in [0.5, 0.6) is 5.75 Å². The van der Waals surface area contributed by atoms with Gasteiger partial charge in [-0.1, -0.05) is 47.0 Å². The minimum Gasteiger partial charge on any atom is -0.490 e. The van der Waals surface area contributed by atoms with Gasteiger partial charge in [-0.05, 0) is 44.6 Å². The highest BCUT2D eigenvalue weighted by molar-refractivity contribution is 9.08. The number of halogens is 1. The highest BCUT2D eigenvalue weighted by Crippen LogP contribution is 2.31. The van der Waals surface area contributed by atoms with Crippen LogP contribution in [0.4, 0.5) is 0 Å². The Labute approximate surface area is 119 Å². The van der Waals surface area contributed by atoms with Crippen molar-refractivity contribution in [3.05, 3.63) is 29.3 Å². The van der Waals surface area contributed by atoms with Crippen LogP contribution >= 0.6 is 15.9 Å². The van der Waals surface area contributed by atoms with Gasteiger partial charge in [0.2, 0.25) is 0 Å². The number of hydrogen-bond acceptors (Lipinski definition) is 1. The Hall–Kier alpha value is -0.500. The second-order valence-corrected chi connectivity index (χ2v) is 5.97. The minimum absolute atomic E-state index is 0.424. The summed E-state index contributed by atoms with van der Waals surface area (Å²) in [7, 11) is 0. The summed E-state index contributed by atoms with van der Waals surface area (Å²) in [6, 6.07) is 6.47. The molecular weight excluding hydrogens is 288 g/mol. The molecule has 0 radical (unpaired) electrons. The average molecular weight is 311 g/mol. The first-order valence-corrected chi connectivity index (χ1v) is 8.17. The smallest absolute Gasteiger partial charge is 0.123 e. The van der Waals surface area contributed by atoms with E-state index < -0.39 is 0 Å². The van der Waals surface area contributed by atoms with Crippen molar-refractivity contribution in [3.8, 4) is 5.75 Å². The largest absolute Gasteiger partial charge is 0.490 e. The van der Waals surface area contributed by atoms with Crippen molar-refractivity contribution in [1.82, 2.24) is 0 Å². The maximum Gasteiger partial charge on any atom is 0.123 e. The van der Waals surface area contributed by atoms with Gasteiger partial charge in [-0.15, -0.1) is 0 Å². The highest BCUT2D eigenvalue weighted by Gasteiger charge is 2.21. The van der Waals surface area contributed by atoms with E-state index in [-0.39, 0.29) is 0 Å². The van der Waals surface area contributed by atoms with Gasteiger partial charge in [-0.3, -0.25) is 0 Å². The first kappa shape index (κ1) is 13.9. The van der Waals surface area contributed by atoms with Crippen LogP contribution in [0.3, 0.4) is 0 Å². The number of aryl methyl sites for hydroxylation is 1. The lowest BCUT2D eigenvalue weighted by Gasteiger charge is -2.29. The molecule has 0 N–H and O–H groups in total. The van der Waals surface area contributed by atoms with Crippen molar-refractivity contribution in [3.63, 3.8) is 0 Å². The Kier molecular flexibility index (Phi) is 5.11. The number of alkyl halides is 1. The first-order chi connectivity index (χ1) is 8.72. The van der Waals surface area contributed by atoms with Crippen molar-refractivity contribution in [2.75, 3.05) is 0 Å². The summed E-state index contributed by atoms with van der Waals surface area (Å²) < 4.78 is 6.20. The maximum absolute atomic E-state index is 6.20. The lowest BCUT2D eigenvalue weighted by molar-refractivity contribution is 0.129. The Morgan fingerprint density at radius 2 is 1.94 bits per heavy atom. The van der Waals surface area contributed by atoms with Crippen molar-refractivity contribution < 1.29 is 4.74 Å². The van der Waals surface area contributed by atoms with Crippen LogP contribution in [0.25, 0.3) is 0 Å². The molecule has 0 unspecified atom stereocenters. The third-order valence-corrected chi connectivity index (χ3v) is 4.63. The van der Waals surface area contributed by atoms with E-state index in [1.807, 2.05) is 0 Å². The topological polar surface area (TPSA) is 9.23 Å². The SMILES string of the molecule is CCC1CCC(Oc2ccc(C)cc2CBr)CC1. The maximum atomic E-state index is 6.20. The average Bonchev–Trinajstić information content (AvgIpc) is 2.41. The molecular formula is C16H23BrO. The van der Waals surface area contributed by atoms with Crippen molar-refractivity contribution in [2.24, 2.45) is 5.92 Å². The molecule has 100 valence electrons. The van der Waals surface area contributed by atoms with E-state index >= 15 is 0 Å². The molecule has 2 heteroatoms. The van der Waals surface area contributed by atoms with Gasteiger partial charge < -0.3 is 4.74 Å². The van der Waals surface area contributed by atoms with E-state index in [1.165, 1.54) is 43.2 Å². The second kappa shape index (κ2) is 6.60. The van der Waals surface area contributed by atoms with Crippen LogP contribution < -0.4 is 4.74 Å². The molecule has 0 spiro atoms. The van der Waals surface area contributed by atoms with Gasteiger partial charge in [0.25, 0.3) is 0 Å². The summed E-state index contributed by atoms with van der Waals surface area (Å²) in [6.45, 7) is 4.43. The summed E-state index contributed by atoms with van der Waals surface area (Å²) in [6.07, 6.45) is 6.84. The van der Waals surface area contributed by atoms with Crippen molar-refractivity contribution >= 4 is 15.9 Å². The molecule has 0 heterocycles. The van der Waals surface area contributed by atoms with Crippen LogP contribution in [0.15, 0.2) is 18.2 Å². The van der Waals surface area contributed by atoms with Crippen LogP contribution in [0.2, 0.25) is 0 Å². The van der Waals surface area contributed by atoms with Gasteiger partial charge in [0.05, 0.1) is 6.10 Å². The molecule has 0 aliphatic heterocycles. The van der Waals surface area contributed by atoms with Gasteiger partial charge in [0, 0.05) is 10.9 Å². The number of rotatable bonds is 4. The lowest BCUT2D eigenvalue weighted by Crippen LogP contribution is -2.24. The van der Waals surface area contributed by atoms with Gasteiger partial charge in [0.1, 0.15) is 5.75 Å². The molecule has 0 bridgehead atoms. The molecule has 1 fully saturated rings. The number of benzene rings is 1. The molecule has 0 amide bonds. The van der Waals surface area contributed by atoms with E-state index in [0.717, 1.165) is 17.0 Å². The predicted octanol–water partition coefficient (Wildman–Crippen LogP) is 5.24. The molecule has 2 rings (SSSR count). The van der Waals surface area contributed by atoms with E-state index in [0.29, 0.717) is 6.10 Å². The first-order valence-electron chi connectivity index (χ1n) is 7.05. The molecule has 1 aromatic carbocycles. The molecule has 1 nitrogen and oxygen atoms in total. The summed E-state index contributed by atoms with van der Waals surface area (Å²) in [5.41, 5.74) is 2.57. The molecule has 18 heavy (non-hydrogen) atoms. The van der Waals surface area contributed by atoms with Gasteiger partial charge in [-0.25, -0.2) is 0 Å². The monoisotopic (exact) mass is 310 g/mol. The van der Waals surface area contributed by atoms with Crippen LogP contribution in [-0.4, -0.2) is 6.10 Å². The molecule has 0 atom stereocenters. The van der Waals surface area contributed by atoms with Crippen LogP contribution in [0.1, 0.15) is 50.2 Å². The standard InChI is InChI=1S/C16H23BrO/c1-3-13-5-7-15(8-6-13)18-16-9-4-12(2)10-14(16)11-17/h4,9-10,13,15H,3,5-8,11H2,1-2H3. The fourth-order valence-corrected chi connectivity index (χ4v) is 3.20. The van der Waals surface area contributed by atoms with Crippen molar-refractivity contribution in [1.29, 1.82) is 0 Å². The quantitative estimate of drug-likeness (QED) is 0.691. The summed E-state index contributed by atoms with van der Waals surface area (Å²) in [5, 5.41) is 0.869. The molecule has 0 aromatic heterocycles. The molecule has 1 aliphatic carbocycles. The zero-order valence-corrected chi connectivity index (χ0v) is 13.0. The third kappa shape index (κ3) is 3.50. The lowest BCUT2D eigenvalue weighted by atomic mass is 9.86. The van der Waals surface area contributed by atoms with Crippen LogP contribution in [-0.2, 0) is 5.33 Å². The fourth-order valence-electron chi connectivity index (χ4n) is 2.77. The van der Waals surface area contributed by atoms with E-state index in [9.17, 15) is 0 Å². The van der Waals surface area contributed by atoms with Gasteiger partial charge >= 0.3 is 0 Å². The van der Waals surface area contributed by atoms with E-state index in [4.69, 9.17) is 4.74 Å². The Morgan fingerprint density at radius 1 is 1.22 bits per heavy atom. The molecule has 1 aromatic rings. The highest BCUT2D eigenvalue weighted by atomic mass is 79.9. The summed E-state index contributed by atoms with van der Waals surface area (Å²) in [5.74, 6) is 2.00. The summed E-state index contributed by atoms with van der Waals surface area (Å²) >= 11 is 3.55. The Bertz CT molecular complexity index is 381. The molecule has 1 saturated carbocycles. The van der Waals surface area contributed by atoms with Gasteiger partial charge in [-0.2, -0.15) is 0 Å². The molecule has 1 aliphatic rings. The normalized spacial score (nSPS) is 23.9. The number of hydrogen-bond donors (Lipinski definition) is 0. The van der Waals surface area contributed by atoms with Crippen LogP contribution in [0, 0.1) is 12.8 Å². The van der Waals surface area contributed by atoms with E-state index in [2.05, 4.69) is 48.0 Å². The van der Waals surface area contributed by atoms with Gasteiger partial charge in [0.15, 0.2) is 0 Å². The predicted molar refractivity (Wildman–Crippen MR) is 80.5 cm³/mol. The van der Waals surface area contributed by atoms with Crippen molar-refractivity contribution in [2.45, 2.75) is 57.4 Å².